The highest BCUT2D eigenvalue weighted by Crippen LogP contribution is 2.38. The van der Waals surface area contributed by atoms with Crippen LogP contribution in [-0.2, 0) is 0 Å². The number of fused-ring (bicyclic) bond motifs is 3. The Kier molecular flexibility index (Phi) is 7.21. The molecular weight excluding hydrogens is 594 g/mol. The molecule has 0 saturated heterocycles. The average molecular weight is 618 g/mol. The van der Waals surface area contributed by atoms with Crippen LogP contribution in [0.2, 0.25) is 0 Å². The molecule has 8 aromatic rings. The van der Waals surface area contributed by atoms with Gasteiger partial charge in [0.2, 0.25) is 17.7 Å². The van der Waals surface area contributed by atoms with Crippen molar-refractivity contribution in [1.29, 1.82) is 0 Å². The predicted molar refractivity (Wildman–Crippen MR) is 174 cm³/mol. The summed E-state index contributed by atoms with van der Waals surface area (Å²) in [5.74, 6) is 5.06. The summed E-state index contributed by atoms with van der Waals surface area (Å²) in [4.78, 5) is 25.2. The molecule has 0 atom stereocenters. The molecule has 0 aliphatic rings. The van der Waals surface area contributed by atoms with Crippen molar-refractivity contribution in [2.75, 3.05) is 0 Å². The molecule has 0 unspecified atom stereocenters. The summed E-state index contributed by atoms with van der Waals surface area (Å²) >= 11 is 0. The molecule has 0 amide bonds. The SMILES string of the molecule is c1cnc(-n2c3cc(Oc4cccc(Oc5ccncn5)c4)ccc3c3ccc(Oc4cccc(Oc5ccncn5)c4)cc32)nc1. The van der Waals surface area contributed by atoms with Gasteiger partial charge in [0.15, 0.2) is 0 Å². The number of hydrogen-bond acceptors (Lipinski definition) is 10. The summed E-state index contributed by atoms with van der Waals surface area (Å²) < 4.78 is 26.3. The van der Waals surface area contributed by atoms with Gasteiger partial charge in [-0.25, -0.2) is 29.9 Å². The first-order chi connectivity index (χ1) is 23.2. The molecule has 0 bridgehead atoms. The molecule has 11 nitrogen and oxygen atoms in total. The van der Waals surface area contributed by atoms with E-state index in [2.05, 4.69) is 29.9 Å². The van der Waals surface area contributed by atoms with Crippen molar-refractivity contribution < 1.29 is 18.9 Å². The summed E-state index contributed by atoms with van der Waals surface area (Å²) in [6.07, 6.45) is 9.55. The molecule has 0 spiro atoms. The second kappa shape index (κ2) is 12.3. The lowest BCUT2D eigenvalue weighted by Gasteiger charge is -2.10. The van der Waals surface area contributed by atoms with Crippen LogP contribution in [0.4, 0.5) is 0 Å². The van der Waals surface area contributed by atoms with Crippen LogP contribution in [-0.4, -0.2) is 34.5 Å². The maximum atomic E-state index is 6.30. The lowest BCUT2D eigenvalue weighted by molar-refractivity contribution is 0.447. The molecule has 8 rings (SSSR count). The molecule has 0 aliphatic heterocycles. The van der Waals surface area contributed by atoms with Crippen LogP contribution in [0.3, 0.4) is 0 Å². The van der Waals surface area contributed by atoms with Gasteiger partial charge in [-0.15, -0.1) is 0 Å². The van der Waals surface area contributed by atoms with E-state index >= 15 is 0 Å². The Morgan fingerprint density at radius 3 is 1.34 bits per heavy atom. The first-order valence-corrected chi connectivity index (χ1v) is 14.5. The summed E-state index contributed by atoms with van der Waals surface area (Å²) in [6.45, 7) is 0. The molecule has 0 aliphatic carbocycles. The topological polar surface area (TPSA) is 119 Å². The zero-order chi connectivity index (χ0) is 31.4. The van der Waals surface area contributed by atoms with E-state index in [-0.39, 0.29) is 0 Å². The molecular formula is C36H23N7O4. The highest BCUT2D eigenvalue weighted by atomic mass is 16.5. The smallest absolute Gasteiger partial charge is 0.234 e. The second-order valence-corrected chi connectivity index (χ2v) is 10.2. The zero-order valence-electron chi connectivity index (χ0n) is 24.5. The van der Waals surface area contributed by atoms with Crippen molar-refractivity contribution in [3.8, 4) is 52.2 Å². The third-order valence-corrected chi connectivity index (χ3v) is 7.10. The van der Waals surface area contributed by atoms with E-state index in [1.807, 2.05) is 77.4 Å². The van der Waals surface area contributed by atoms with Gasteiger partial charge < -0.3 is 18.9 Å². The maximum absolute atomic E-state index is 6.30. The average Bonchev–Trinajstić information content (AvgIpc) is 3.42. The highest BCUT2D eigenvalue weighted by molar-refractivity contribution is 6.09. The second-order valence-electron chi connectivity index (χ2n) is 10.2. The summed E-state index contributed by atoms with van der Waals surface area (Å²) in [7, 11) is 0. The van der Waals surface area contributed by atoms with Crippen LogP contribution in [0.25, 0.3) is 27.8 Å². The molecule has 0 radical (unpaired) electrons. The van der Waals surface area contributed by atoms with Crippen molar-refractivity contribution in [1.82, 2.24) is 34.5 Å². The first kappa shape index (κ1) is 27.7. The van der Waals surface area contributed by atoms with Gasteiger partial charge in [-0.05, 0) is 54.6 Å². The van der Waals surface area contributed by atoms with E-state index < -0.39 is 0 Å². The van der Waals surface area contributed by atoms with Gasteiger partial charge in [-0.2, -0.15) is 0 Å². The Morgan fingerprint density at radius 1 is 0.404 bits per heavy atom. The molecule has 4 heterocycles. The van der Waals surface area contributed by atoms with Gasteiger partial charge in [0.1, 0.15) is 47.2 Å². The minimum absolute atomic E-state index is 0.442. The largest absolute Gasteiger partial charge is 0.457 e. The van der Waals surface area contributed by atoms with E-state index in [4.69, 9.17) is 18.9 Å². The van der Waals surface area contributed by atoms with E-state index in [1.54, 1.807) is 55.1 Å². The normalized spacial score (nSPS) is 11.0. The van der Waals surface area contributed by atoms with Gasteiger partial charge >= 0.3 is 0 Å². The fourth-order valence-electron chi connectivity index (χ4n) is 5.12. The molecule has 11 heteroatoms. The van der Waals surface area contributed by atoms with E-state index in [0.29, 0.717) is 52.2 Å². The van der Waals surface area contributed by atoms with E-state index in [1.165, 1.54) is 12.7 Å². The van der Waals surface area contributed by atoms with Crippen LogP contribution in [0.5, 0.6) is 46.3 Å². The van der Waals surface area contributed by atoms with Crippen LogP contribution in [0, 0.1) is 0 Å². The van der Waals surface area contributed by atoms with Crippen molar-refractivity contribution in [2.24, 2.45) is 0 Å². The Balaban J connectivity index is 1.13. The molecule has 0 N–H and O–H groups in total. The number of ether oxygens (including phenoxy) is 4. The predicted octanol–water partition coefficient (Wildman–Crippen LogP) is 8.32. The molecule has 4 aromatic heterocycles. The van der Waals surface area contributed by atoms with Crippen LogP contribution in [0.15, 0.2) is 141 Å². The quantitative estimate of drug-likeness (QED) is 0.156. The highest BCUT2D eigenvalue weighted by Gasteiger charge is 2.16. The van der Waals surface area contributed by atoms with E-state index in [0.717, 1.165) is 21.8 Å². The van der Waals surface area contributed by atoms with Gasteiger partial charge in [-0.1, -0.05) is 12.1 Å². The standard InChI is InChI=1S/C36H23N7O4/c1-4-24(18-26(6-1)46-34-12-16-37-22-41-34)44-28-8-10-30-31-11-9-29(21-33(31)43(32(30)20-28)36-39-14-3-15-40-36)45-25-5-2-7-27(19-25)47-35-13-17-38-23-42-35/h1-23H. The Hall–Kier alpha value is -6.88. The minimum Gasteiger partial charge on any atom is -0.457 e. The van der Waals surface area contributed by atoms with Crippen LogP contribution < -0.4 is 18.9 Å². The summed E-state index contributed by atoms with van der Waals surface area (Å²) in [6, 6.07) is 31.8. The van der Waals surface area contributed by atoms with Crippen molar-refractivity contribution in [3.63, 3.8) is 0 Å². The van der Waals surface area contributed by atoms with Gasteiger partial charge in [0.25, 0.3) is 0 Å². The fourth-order valence-corrected chi connectivity index (χ4v) is 5.12. The molecule has 226 valence electrons. The molecule has 0 saturated carbocycles. The monoisotopic (exact) mass is 617 g/mol. The molecule has 4 aromatic carbocycles. The van der Waals surface area contributed by atoms with Crippen molar-refractivity contribution in [2.45, 2.75) is 0 Å². The maximum Gasteiger partial charge on any atom is 0.234 e. The van der Waals surface area contributed by atoms with E-state index in [9.17, 15) is 0 Å². The Labute approximate surface area is 267 Å². The minimum atomic E-state index is 0.442. The Morgan fingerprint density at radius 2 is 0.872 bits per heavy atom. The third kappa shape index (κ3) is 5.96. The van der Waals surface area contributed by atoms with Gasteiger partial charge in [0.05, 0.1) is 11.0 Å². The third-order valence-electron chi connectivity index (χ3n) is 7.10. The van der Waals surface area contributed by atoms with Gasteiger partial charge in [-0.3, -0.25) is 4.57 Å². The molecule has 47 heavy (non-hydrogen) atoms. The number of aromatic nitrogens is 7. The summed E-state index contributed by atoms with van der Waals surface area (Å²) in [5.41, 5.74) is 1.74. The lowest BCUT2D eigenvalue weighted by atomic mass is 10.1. The number of benzene rings is 4. The number of nitrogens with zero attached hydrogens (tertiary/aromatic N) is 7. The van der Waals surface area contributed by atoms with Gasteiger partial charge in [0, 0.05) is 72.0 Å². The number of rotatable bonds is 9. The first-order valence-electron chi connectivity index (χ1n) is 14.5. The van der Waals surface area contributed by atoms with Crippen LogP contribution in [0.1, 0.15) is 0 Å². The molecule has 0 fully saturated rings. The lowest BCUT2D eigenvalue weighted by Crippen LogP contribution is -2.00. The van der Waals surface area contributed by atoms with Crippen molar-refractivity contribution >= 4 is 21.8 Å². The fraction of sp³-hybridized carbons (Fsp3) is 0. The van der Waals surface area contributed by atoms with Crippen LogP contribution >= 0.6 is 0 Å². The summed E-state index contributed by atoms with van der Waals surface area (Å²) in [5, 5.41) is 2.01. The number of hydrogen-bond donors (Lipinski definition) is 0. The van der Waals surface area contributed by atoms with Crippen molar-refractivity contribution in [3.05, 3.63) is 141 Å². The zero-order valence-corrected chi connectivity index (χ0v) is 24.5. The Bertz CT molecular complexity index is 2170.